The fraction of sp³-hybridized carbons (Fsp3) is 0.120. The fourth-order valence-electron chi connectivity index (χ4n) is 4.12. The standard InChI is InChI=1S/C25H17ClF2N2O3S/c26-19-12-20(27)21(28)13-23(19)34(32,33)14-16-7-5-15(6-8-16)11-17-9-10-30-22-4-2-1-3-18(22)25(31)29-24(17)30/h1-8,11-13H,9-10,14H2/b17-11+. The van der Waals surface area contributed by atoms with Crippen LogP contribution in [0.1, 0.15) is 23.4 Å². The first-order valence-electron chi connectivity index (χ1n) is 10.4. The Balaban J connectivity index is 1.42. The minimum atomic E-state index is -3.99. The minimum Gasteiger partial charge on any atom is -0.325 e. The van der Waals surface area contributed by atoms with Crippen molar-refractivity contribution in [3.05, 3.63) is 105 Å². The van der Waals surface area contributed by atoms with E-state index < -0.39 is 32.1 Å². The van der Waals surface area contributed by atoms with Gasteiger partial charge in [-0.25, -0.2) is 17.2 Å². The van der Waals surface area contributed by atoms with Gasteiger partial charge in [-0.2, -0.15) is 4.98 Å². The number of benzene rings is 3. The van der Waals surface area contributed by atoms with E-state index in [9.17, 15) is 22.0 Å². The van der Waals surface area contributed by atoms with Gasteiger partial charge >= 0.3 is 0 Å². The smallest absolute Gasteiger partial charge is 0.281 e. The molecule has 4 aromatic rings. The second-order valence-electron chi connectivity index (χ2n) is 8.03. The predicted octanol–water partition coefficient (Wildman–Crippen LogP) is 5.25. The lowest BCUT2D eigenvalue weighted by molar-refractivity contribution is 0.504. The maximum atomic E-state index is 13.6. The summed E-state index contributed by atoms with van der Waals surface area (Å²) in [4.78, 5) is 16.2. The average Bonchev–Trinajstić information content (AvgIpc) is 3.20. The highest BCUT2D eigenvalue weighted by molar-refractivity contribution is 7.90. The Hall–Kier alpha value is -3.36. The molecule has 1 aromatic heterocycles. The molecule has 0 aliphatic carbocycles. The first kappa shape index (κ1) is 22.4. The van der Waals surface area contributed by atoms with Crippen LogP contribution in [0.3, 0.4) is 0 Å². The van der Waals surface area contributed by atoms with E-state index in [1.807, 2.05) is 28.8 Å². The van der Waals surface area contributed by atoms with Gasteiger partial charge in [0.25, 0.3) is 5.56 Å². The van der Waals surface area contributed by atoms with Crippen molar-refractivity contribution in [3.8, 4) is 0 Å². The van der Waals surface area contributed by atoms with Gasteiger partial charge in [-0.05, 0) is 53.5 Å². The van der Waals surface area contributed by atoms with Crippen molar-refractivity contribution in [1.29, 1.82) is 0 Å². The number of allylic oxidation sites excluding steroid dienone is 1. The summed E-state index contributed by atoms with van der Waals surface area (Å²) in [6.07, 6.45) is 2.63. The molecule has 172 valence electrons. The van der Waals surface area contributed by atoms with Gasteiger partial charge in [0.05, 0.1) is 26.6 Å². The van der Waals surface area contributed by atoms with Crippen LogP contribution in [0, 0.1) is 11.6 Å². The van der Waals surface area contributed by atoms with E-state index >= 15 is 0 Å². The molecule has 5 nitrogen and oxygen atoms in total. The van der Waals surface area contributed by atoms with Crippen molar-refractivity contribution in [2.24, 2.45) is 0 Å². The molecule has 34 heavy (non-hydrogen) atoms. The number of rotatable bonds is 4. The van der Waals surface area contributed by atoms with Gasteiger partial charge in [0.15, 0.2) is 21.5 Å². The number of para-hydroxylation sites is 1. The van der Waals surface area contributed by atoms with E-state index in [1.165, 1.54) is 0 Å². The highest BCUT2D eigenvalue weighted by Gasteiger charge is 2.22. The highest BCUT2D eigenvalue weighted by Crippen LogP contribution is 2.30. The third kappa shape index (κ3) is 4.03. The Morgan fingerprint density at radius 3 is 2.50 bits per heavy atom. The number of aryl methyl sites for hydroxylation is 1. The second kappa shape index (κ2) is 8.45. The monoisotopic (exact) mass is 498 g/mol. The molecule has 5 rings (SSSR count). The van der Waals surface area contributed by atoms with E-state index in [2.05, 4.69) is 4.98 Å². The zero-order valence-electron chi connectivity index (χ0n) is 17.6. The van der Waals surface area contributed by atoms with E-state index in [4.69, 9.17) is 11.6 Å². The zero-order chi connectivity index (χ0) is 24.0. The van der Waals surface area contributed by atoms with E-state index in [-0.39, 0.29) is 10.6 Å². The summed E-state index contributed by atoms with van der Waals surface area (Å²) in [7, 11) is -3.99. The lowest BCUT2D eigenvalue weighted by atomic mass is 10.1. The molecule has 0 fully saturated rings. The highest BCUT2D eigenvalue weighted by atomic mass is 35.5. The van der Waals surface area contributed by atoms with Gasteiger partial charge in [-0.3, -0.25) is 4.79 Å². The third-order valence-electron chi connectivity index (χ3n) is 5.77. The number of hydrogen-bond donors (Lipinski definition) is 0. The lowest BCUT2D eigenvalue weighted by Gasteiger charge is -2.08. The molecular formula is C25H17ClF2N2O3S. The zero-order valence-corrected chi connectivity index (χ0v) is 19.2. The van der Waals surface area contributed by atoms with E-state index in [0.717, 1.165) is 16.7 Å². The molecule has 0 radical (unpaired) electrons. The van der Waals surface area contributed by atoms with Crippen LogP contribution < -0.4 is 5.56 Å². The van der Waals surface area contributed by atoms with Crippen LogP contribution >= 0.6 is 11.6 Å². The van der Waals surface area contributed by atoms with Crippen molar-refractivity contribution in [3.63, 3.8) is 0 Å². The molecule has 0 saturated heterocycles. The Labute approximate surface area is 198 Å². The van der Waals surface area contributed by atoms with Gasteiger partial charge in [0, 0.05) is 6.54 Å². The molecule has 1 aliphatic heterocycles. The van der Waals surface area contributed by atoms with Crippen LogP contribution in [0.2, 0.25) is 5.02 Å². The summed E-state index contributed by atoms with van der Waals surface area (Å²) >= 11 is 5.84. The van der Waals surface area contributed by atoms with Gasteiger partial charge in [0.2, 0.25) is 0 Å². The molecule has 0 spiro atoms. The lowest BCUT2D eigenvalue weighted by Crippen LogP contribution is -2.14. The van der Waals surface area contributed by atoms with Crippen LogP contribution in [0.25, 0.3) is 22.6 Å². The van der Waals surface area contributed by atoms with Crippen molar-refractivity contribution in [1.82, 2.24) is 9.55 Å². The number of aromatic nitrogens is 2. The molecule has 0 atom stereocenters. The van der Waals surface area contributed by atoms with Crippen LogP contribution in [-0.2, 0) is 22.1 Å². The van der Waals surface area contributed by atoms with Gasteiger partial charge < -0.3 is 4.57 Å². The van der Waals surface area contributed by atoms with Crippen LogP contribution in [0.5, 0.6) is 0 Å². The molecule has 0 N–H and O–H groups in total. The number of sulfone groups is 1. The summed E-state index contributed by atoms with van der Waals surface area (Å²) in [6, 6.07) is 15.4. The summed E-state index contributed by atoms with van der Waals surface area (Å²) in [5.74, 6) is -2.27. The second-order valence-corrected chi connectivity index (χ2v) is 10.4. The fourth-order valence-corrected chi connectivity index (χ4v) is 6.05. The van der Waals surface area contributed by atoms with Gasteiger partial charge in [-0.15, -0.1) is 0 Å². The summed E-state index contributed by atoms with van der Waals surface area (Å²) < 4.78 is 54.3. The van der Waals surface area contributed by atoms with Crippen molar-refractivity contribution >= 4 is 44.0 Å². The molecule has 0 unspecified atom stereocenters. The van der Waals surface area contributed by atoms with Crippen LogP contribution in [0.4, 0.5) is 8.78 Å². The summed E-state index contributed by atoms with van der Waals surface area (Å²) in [5.41, 5.74) is 2.77. The first-order chi connectivity index (χ1) is 16.2. The molecule has 0 saturated carbocycles. The number of fused-ring (bicyclic) bond motifs is 3. The third-order valence-corrected chi connectivity index (χ3v) is 7.91. The van der Waals surface area contributed by atoms with E-state index in [1.54, 1.807) is 30.3 Å². The van der Waals surface area contributed by atoms with Crippen molar-refractivity contribution < 1.29 is 17.2 Å². The van der Waals surface area contributed by atoms with Crippen LogP contribution in [0.15, 0.2) is 70.4 Å². The SMILES string of the molecule is O=c1nc2n(c3ccccc13)CC/C2=C\c1ccc(CS(=O)(=O)c2cc(F)c(F)cc2Cl)cc1. The largest absolute Gasteiger partial charge is 0.325 e. The van der Waals surface area contributed by atoms with E-state index in [0.29, 0.717) is 41.9 Å². The summed E-state index contributed by atoms with van der Waals surface area (Å²) in [5, 5.41) is 0.217. The maximum absolute atomic E-state index is 13.6. The Kier molecular flexibility index (Phi) is 5.58. The van der Waals surface area contributed by atoms with Crippen molar-refractivity contribution in [2.75, 3.05) is 0 Å². The number of nitrogens with zero attached hydrogens (tertiary/aromatic N) is 2. The molecule has 2 heterocycles. The Morgan fingerprint density at radius 2 is 1.74 bits per heavy atom. The molecule has 0 bridgehead atoms. The van der Waals surface area contributed by atoms with Crippen LogP contribution in [-0.4, -0.2) is 18.0 Å². The van der Waals surface area contributed by atoms with Gasteiger partial charge in [-0.1, -0.05) is 48.0 Å². The molecular weight excluding hydrogens is 482 g/mol. The average molecular weight is 499 g/mol. The molecule has 3 aromatic carbocycles. The Bertz CT molecular complexity index is 1650. The molecule has 9 heteroatoms. The predicted molar refractivity (Wildman–Crippen MR) is 127 cm³/mol. The normalized spacial score (nSPS) is 14.6. The number of halogens is 3. The summed E-state index contributed by atoms with van der Waals surface area (Å²) in [6.45, 7) is 0.709. The number of hydrogen-bond acceptors (Lipinski definition) is 4. The Morgan fingerprint density at radius 1 is 1.03 bits per heavy atom. The quantitative estimate of drug-likeness (QED) is 0.285. The van der Waals surface area contributed by atoms with Gasteiger partial charge in [0.1, 0.15) is 5.82 Å². The molecule has 0 amide bonds. The maximum Gasteiger partial charge on any atom is 0.281 e. The van der Waals surface area contributed by atoms with Crippen molar-refractivity contribution in [2.45, 2.75) is 23.6 Å². The minimum absolute atomic E-state index is 0.272. The topological polar surface area (TPSA) is 69.0 Å². The first-order valence-corrected chi connectivity index (χ1v) is 12.4. The molecule has 1 aliphatic rings.